The molecule has 0 aliphatic carbocycles. The molecule has 0 fully saturated rings. The molecule has 4 nitrogen and oxygen atoms in total. The molecule has 0 radical (unpaired) electrons. The first-order chi connectivity index (χ1) is 13.1. The van der Waals surface area contributed by atoms with Crippen molar-refractivity contribution in [3.63, 3.8) is 0 Å². The van der Waals surface area contributed by atoms with Gasteiger partial charge in [-0.25, -0.2) is 8.42 Å². The average molecular weight is 420 g/mol. The Hall–Kier alpha value is -1.80. The second-order valence-corrected chi connectivity index (χ2v) is 12.4. The van der Waals surface area contributed by atoms with E-state index < -0.39 is 9.84 Å². The van der Waals surface area contributed by atoms with Crippen LogP contribution in [0.4, 0.5) is 0 Å². The Kier molecular flexibility index (Phi) is 8.13. The van der Waals surface area contributed by atoms with Crippen LogP contribution in [-0.2, 0) is 20.7 Å². The Morgan fingerprint density at radius 3 is 1.93 bits per heavy atom. The largest absolute Gasteiger partial charge is 0.507 e. The monoisotopic (exact) mass is 419 g/mol. The summed E-state index contributed by atoms with van der Waals surface area (Å²) in [4.78, 5) is -0.215. The molecule has 0 aliphatic heterocycles. The van der Waals surface area contributed by atoms with Crippen molar-refractivity contribution in [1.29, 1.82) is 5.26 Å². The van der Waals surface area contributed by atoms with Gasteiger partial charge in [-0.2, -0.15) is 5.26 Å². The first-order valence-electron chi connectivity index (χ1n) is 10.3. The van der Waals surface area contributed by atoms with Crippen molar-refractivity contribution in [1.82, 2.24) is 0 Å². The fraction of sp³-hybridized carbons (Fsp3) is 0.625. The summed E-state index contributed by atoms with van der Waals surface area (Å²) in [6.07, 6.45) is 3.80. The molecular weight excluding hydrogens is 382 g/mol. The van der Waals surface area contributed by atoms with Crippen molar-refractivity contribution in [2.24, 2.45) is 5.92 Å². The summed E-state index contributed by atoms with van der Waals surface area (Å²) in [5.74, 6) is 0.750. The average Bonchev–Trinajstić information content (AvgIpc) is 2.55. The molecule has 0 unspecified atom stereocenters. The number of rotatable bonds is 7. The van der Waals surface area contributed by atoms with Gasteiger partial charge >= 0.3 is 0 Å². The van der Waals surface area contributed by atoms with Crippen molar-refractivity contribution < 1.29 is 13.5 Å². The summed E-state index contributed by atoms with van der Waals surface area (Å²) >= 11 is 0. The molecule has 0 bridgehead atoms. The molecule has 1 aromatic carbocycles. The summed E-state index contributed by atoms with van der Waals surface area (Å²) in [5, 5.41) is 20.4. The standard InChI is InChI=1S/C24H37NO3S/c1-17(2)11-9-10-12-29(27,28)19(16-25)13-18-14-20(23(3,4)5)22(26)21(15-18)24(6,7)8/h13-15,17,26H,9-12H2,1-8H3. The molecule has 162 valence electrons. The van der Waals surface area contributed by atoms with Gasteiger partial charge < -0.3 is 5.11 Å². The molecule has 1 aromatic rings. The Morgan fingerprint density at radius 1 is 1.07 bits per heavy atom. The van der Waals surface area contributed by atoms with Gasteiger partial charge in [0, 0.05) is 11.1 Å². The lowest BCUT2D eigenvalue weighted by molar-refractivity contribution is 0.423. The van der Waals surface area contributed by atoms with E-state index in [0.29, 0.717) is 17.9 Å². The lowest BCUT2D eigenvalue weighted by Gasteiger charge is -2.28. The summed E-state index contributed by atoms with van der Waals surface area (Å²) < 4.78 is 25.4. The summed E-state index contributed by atoms with van der Waals surface area (Å²) in [5.41, 5.74) is 1.46. The second kappa shape index (κ2) is 9.34. The van der Waals surface area contributed by atoms with E-state index >= 15 is 0 Å². The van der Waals surface area contributed by atoms with E-state index in [9.17, 15) is 18.8 Å². The molecule has 0 saturated heterocycles. The van der Waals surface area contributed by atoms with E-state index in [1.807, 2.05) is 47.6 Å². The molecule has 0 aromatic heterocycles. The minimum absolute atomic E-state index is 0.0184. The number of nitriles is 1. The Balaban J connectivity index is 3.40. The fourth-order valence-electron chi connectivity index (χ4n) is 3.18. The quantitative estimate of drug-likeness (QED) is 0.428. The number of hydrogen-bond donors (Lipinski definition) is 1. The molecular formula is C24H37NO3S. The predicted molar refractivity (Wildman–Crippen MR) is 122 cm³/mol. The van der Waals surface area contributed by atoms with Crippen LogP contribution >= 0.6 is 0 Å². The fourth-order valence-corrected chi connectivity index (χ4v) is 4.44. The Morgan fingerprint density at radius 2 is 1.55 bits per heavy atom. The third-order valence-corrected chi connectivity index (χ3v) is 6.64. The van der Waals surface area contributed by atoms with Crippen LogP contribution in [0.1, 0.15) is 91.3 Å². The third-order valence-electron chi connectivity index (χ3n) is 4.94. The zero-order valence-electron chi connectivity index (χ0n) is 19.3. The highest BCUT2D eigenvalue weighted by molar-refractivity contribution is 7.95. The number of unbranched alkanes of at least 4 members (excludes halogenated alkanes) is 1. The van der Waals surface area contributed by atoms with Gasteiger partial charge in [0.25, 0.3) is 0 Å². The van der Waals surface area contributed by atoms with Crippen LogP contribution in [0.3, 0.4) is 0 Å². The molecule has 0 atom stereocenters. The smallest absolute Gasteiger partial charge is 0.188 e. The molecule has 0 amide bonds. The van der Waals surface area contributed by atoms with Crippen LogP contribution in [0.25, 0.3) is 6.08 Å². The van der Waals surface area contributed by atoms with Gasteiger partial charge in [-0.15, -0.1) is 0 Å². The number of phenolic OH excluding ortho intramolecular Hbond substituents is 1. The van der Waals surface area contributed by atoms with Gasteiger partial charge in [-0.05, 0) is 46.9 Å². The molecule has 0 aliphatic rings. The summed E-state index contributed by atoms with van der Waals surface area (Å²) in [7, 11) is -3.64. The molecule has 0 heterocycles. The van der Waals surface area contributed by atoms with Crippen LogP contribution in [0.15, 0.2) is 17.0 Å². The first kappa shape index (κ1) is 25.2. The molecule has 0 saturated carbocycles. The number of allylic oxidation sites excluding steroid dienone is 1. The van der Waals surface area contributed by atoms with Gasteiger partial charge in [0.05, 0.1) is 5.75 Å². The molecule has 29 heavy (non-hydrogen) atoms. The van der Waals surface area contributed by atoms with Crippen molar-refractivity contribution >= 4 is 15.9 Å². The SMILES string of the molecule is CC(C)CCCCS(=O)(=O)C(C#N)=Cc1cc(C(C)(C)C)c(O)c(C(C)(C)C)c1. The molecule has 1 N–H and O–H groups in total. The molecule has 5 heteroatoms. The van der Waals surface area contributed by atoms with E-state index in [1.54, 1.807) is 12.1 Å². The number of phenols is 1. The zero-order chi connectivity index (χ0) is 22.6. The highest BCUT2D eigenvalue weighted by Gasteiger charge is 2.27. The molecule has 1 rings (SSSR count). The number of benzene rings is 1. The lowest BCUT2D eigenvalue weighted by Crippen LogP contribution is -2.17. The summed E-state index contributed by atoms with van der Waals surface area (Å²) in [6, 6.07) is 5.46. The van der Waals surface area contributed by atoms with Gasteiger partial charge in [-0.1, -0.05) is 68.2 Å². The maximum atomic E-state index is 12.7. The Labute approximate surface area is 177 Å². The third kappa shape index (κ3) is 7.19. The second-order valence-electron chi connectivity index (χ2n) is 10.3. The van der Waals surface area contributed by atoms with Crippen molar-refractivity contribution in [2.75, 3.05) is 5.75 Å². The van der Waals surface area contributed by atoms with E-state index in [4.69, 9.17) is 0 Å². The van der Waals surface area contributed by atoms with E-state index in [1.165, 1.54) is 6.08 Å². The van der Waals surface area contributed by atoms with E-state index in [2.05, 4.69) is 13.8 Å². The maximum absolute atomic E-state index is 12.7. The topological polar surface area (TPSA) is 78.2 Å². The van der Waals surface area contributed by atoms with Gasteiger partial charge in [-0.3, -0.25) is 0 Å². The van der Waals surface area contributed by atoms with Gasteiger partial charge in [0.1, 0.15) is 16.7 Å². The van der Waals surface area contributed by atoms with Crippen molar-refractivity contribution in [3.05, 3.63) is 33.7 Å². The van der Waals surface area contributed by atoms with Crippen molar-refractivity contribution in [3.8, 4) is 11.8 Å². The normalized spacial score (nSPS) is 13.6. The molecule has 0 spiro atoms. The number of sulfone groups is 1. The zero-order valence-corrected chi connectivity index (χ0v) is 20.1. The van der Waals surface area contributed by atoms with Crippen molar-refractivity contribution in [2.45, 2.75) is 85.5 Å². The van der Waals surface area contributed by atoms with Crippen LogP contribution in [0.5, 0.6) is 5.75 Å². The van der Waals surface area contributed by atoms with Crippen LogP contribution < -0.4 is 0 Å². The van der Waals surface area contributed by atoms with Gasteiger partial charge in [0.2, 0.25) is 0 Å². The predicted octanol–water partition coefficient (Wildman–Crippen LogP) is 6.09. The minimum Gasteiger partial charge on any atom is -0.507 e. The highest BCUT2D eigenvalue weighted by Crippen LogP contribution is 2.40. The Bertz CT molecular complexity index is 855. The highest BCUT2D eigenvalue weighted by atomic mass is 32.2. The minimum atomic E-state index is -3.64. The summed E-state index contributed by atoms with van der Waals surface area (Å²) in [6.45, 7) is 16.2. The number of nitrogens with zero attached hydrogens (tertiary/aromatic N) is 1. The lowest BCUT2D eigenvalue weighted by atomic mass is 9.78. The van der Waals surface area contributed by atoms with Crippen LogP contribution in [-0.4, -0.2) is 19.3 Å². The first-order valence-corrected chi connectivity index (χ1v) is 12.0. The van der Waals surface area contributed by atoms with Crippen LogP contribution in [0.2, 0.25) is 0 Å². The number of aromatic hydroxyl groups is 1. The number of hydrogen-bond acceptors (Lipinski definition) is 4. The van der Waals surface area contributed by atoms with Crippen LogP contribution in [0, 0.1) is 17.2 Å². The van der Waals surface area contributed by atoms with Gasteiger partial charge in [0.15, 0.2) is 9.84 Å². The van der Waals surface area contributed by atoms with E-state index in [-0.39, 0.29) is 27.2 Å². The maximum Gasteiger partial charge on any atom is 0.188 e. The van der Waals surface area contributed by atoms with E-state index in [0.717, 1.165) is 24.0 Å².